The van der Waals surface area contributed by atoms with Crippen LogP contribution in [0.5, 0.6) is 5.75 Å². The number of aliphatic hydroxyl groups is 1. The summed E-state index contributed by atoms with van der Waals surface area (Å²) in [6.07, 6.45) is 1.90. The number of rotatable bonds is 3. The SMILES string of the molecule is CC(O)C1CCN(Cc2ccc(O)c(N)c2)CC1. The molecule has 0 bridgehead atoms. The number of anilines is 1. The minimum atomic E-state index is -0.198. The zero-order chi connectivity index (χ0) is 13.1. The summed E-state index contributed by atoms with van der Waals surface area (Å²) in [5.74, 6) is 0.581. The largest absolute Gasteiger partial charge is 0.506 e. The second-order valence-corrected chi connectivity index (χ2v) is 5.25. The Morgan fingerprint density at radius 1 is 1.39 bits per heavy atom. The van der Waals surface area contributed by atoms with E-state index in [4.69, 9.17) is 5.73 Å². The van der Waals surface area contributed by atoms with E-state index in [1.165, 1.54) is 0 Å². The van der Waals surface area contributed by atoms with Crippen molar-refractivity contribution in [1.82, 2.24) is 4.90 Å². The third-order valence-corrected chi connectivity index (χ3v) is 3.81. The third kappa shape index (κ3) is 3.15. The molecule has 100 valence electrons. The second-order valence-electron chi connectivity index (χ2n) is 5.25. The molecule has 0 saturated carbocycles. The molecule has 0 radical (unpaired) electrons. The van der Waals surface area contributed by atoms with E-state index >= 15 is 0 Å². The molecule has 0 aromatic heterocycles. The fraction of sp³-hybridized carbons (Fsp3) is 0.571. The topological polar surface area (TPSA) is 69.7 Å². The first-order valence-electron chi connectivity index (χ1n) is 6.54. The van der Waals surface area contributed by atoms with Gasteiger partial charge in [0.25, 0.3) is 0 Å². The molecule has 1 saturated heterocycles. The van der Waals surface area contributed by atoms with Gasteiger partial charge in [-0.25, -0.2) is 0 Å². The lowest BCUT2D eigenvalue weighted by Gasteiger charge is -2.33. The van der Waals surface area contributed by atoms with Gasteiger partial charge in [0.15, 0.2) is 0 Å². The maximum Gasteiger partial charge on any atom is 0.138 e. The fourth-order valence-electron chi connectivity index (χ4n) is 2.55. The number of likely N-dealkylation sites (tertiary alicyclic amines) is 1. The van der Waals surface area contributed by atoms with E-state index in [9.17, 15) is 10.2 Å². The average Bonchev–Trinajstić information content (AvgIpc) is 2.34. The Morgan fingerprint density at radius 3 is 2.61 bits per heavy atom. The molecule has 1 atom stereocenters. The van der Waals surface area contributed by atoms with Crippen molar-refractivity contribution in [2.45, 2.75) is 32.4 Å². The van der Waals surface area contributed by atoms with Crippen molar-refractivity contribution < 1.29 is 10.2 Å². The number of aliphatic hydroxyl groups excluding tert-OH is 1. The number of nitrogen functional groups attached to an aromatic ring is 1. The third-order valence-electron chi connectivity index (χ3n) is 3.81. The van der Waals surface area contributed by atoms with E-state index in [0.717, 1.165) is 38.0 Å². The van der Waals surface area contributed by atoms with E-state index in [0.29, 0.717) is 11.6 Å². The summed E-state index contributed by atoms with van der Waals surface area (Å²) in [7, 11) is 0. The molecule has 0 spiro atoms. The number of benzene rings is 1. The molecule has 1 heterocycles. The Balaban J connectivity index is 1.89. The minimum Gasteiger partial charge on any atom is -0.506 e. The molecule has 1 unspecified atom stereocenters. The lowest BCUT2D eigenvalue weighted by Crippen LogP contribution is -2.36. The number of hydrogen-bond acceptors (Lipinski definition) is 4. The second kappa shape index (κ2) is 5.59. The molecular formula is C14H22N2O2. The van der Waals surface area contributed by atoms with Gasteiger partial charge in [0.2, 0.25) is 0 Å². The highest BCUT2D eigenvalue weighted by atomic mass is 16.3. The molecule has 1 aromatic rings. The average molecular weight is 250 g/mol. The number of piperidine rings is 1. The van der Waals surface area contributed by atoms with Crippen molar-refractivity contribution in [2.24, 2.45) is 5.92 Å². The zero-order valence-corrected chi connectivity index (χ0v) is 10.8. The van der Waals surface area contributed by atoms with Crippen molar-refractivity contribution in [3.05, 3.63) is 23.8 Å². The molecule has 1 aliphatic heterocycles. The maximum absolute atomic E-state index is 9.56. The van der Waals surface area contributed by atoms with E-state index < -0.39 is 0 Å². The minimum absolute atomic E-state index is 0.145. The quantitative estimate of drug-likeness (QED) is 0.562. The van der Waals surface area contributed by atoms with Crippen LogP contribution in [0, 0.1) is 5.92 Å². The first kappa shape index (κ1) is 13.2. The molecule has 0 amide bonds. The Hall–Kier alpha value is -1.26. The van der Waals surface area contributed by atoms with Gasteiger partial charge in [-0.1, -0.05) is 6.07 Å². The predicted molar refractivity (Wildman–Crippen MR) is 72.2 cm³/mol. The monoisotopic (exact) mass is 250 g/mol. The molecular weight excluding hydrogens is 228 g/mol. The van der Waals surface area contributed by atoms with Gasteiger partial charge in [-0.15, -0.1) is 0 Å². The van der Waals surface area contributed by atoms with Crippen LogP contribution in [-0.4, -0.2) is 34.3 Å². The molecule has 4 nitrogen and oxygen atoms in total. The number of nitrogens with zero attached hydrogens (tertiary/aromatic N) is 1. The van der Waals surface area contributed by atoms with Gasteiger partial charge in [-0.2, -0.15) is 0 Å². The fourth-order valence-corrected chi connectivity index (χ4v) is 2.55. The van der Waals surface area contributed by atoms with Crippen LogP contribution in [0.25, 0.3) is 0 Å². The highest BCUT2D eigenvalue weighted by molar-refractivity contribution is 5.53. The Kier molecular flexibility index (Phi) is 4.09. The van der Waals surface area contributed by atoms with Crippen molar-refractivity contribution in [3.63, 3.8) is 0 Å². The molecule has 18 heavy (non-hydrogen) atoms. The van der Waals surface area contributed by atoms with Crippen molar-refractivity contribution in [3.8, 4) is 5.75 Å². The predicted octanol–water partition coefficient (Wildman–Crippen LogP) is 1.57. The molecule has 4 N–H and O–H groups in total. The number of aromatic hydroxyl groups is 1. The Morgan fingerprint density at radius 2 is 2.06 bits per heavy atom. The lowest BCUT2D eigenvalue weighted by molar-refractivity contribution is 0.0695. The Labute approximate surface area is 108 Å². The highest BCUT2D eigenvalue weighted by Crippen LogP contribution is 2.24. The van der Waals surface area contributed by atoms with Crippen LogP contribution in [0.1, 0.15) is 25.3 Å². The van der Waals surface area contributed by atoms with Gasteiger partial charge in [-0.05, 0) is 56.5 Å². The maximum atomic E-state index is 9.56. The first-order chi connectivity index (χ1) is 8.56. The molecule has 1 fully saturated rings. The van der Waals surface area contributed by atoms with Crippen molar-refractivity contribution in [2.75, 3.05) is 18.8 Å². The summed E-state index contributed by atoms with van der Waals surface area (Å²) in [6.45, 7) is 4.75. The first-order valence-corrected chi connectivity index (χ1v) is 6.54. The molecule has 0 aliphatic carbocycles. The van der Waals surface area contributed by atoms with Crippen LogP contribution in [-0.2, 0) is 6.54 Å². The summed E-state index contributed by atoms with van der Waals surface area (Å²) < 4.78 is 0. The summed E-state index contributed by atoms with van der Waals surface area (Å²) in [5.41, 5.74) is 7.25. The van der Waals surface area contributed by atoms with Crippen LogP contribution in [0.2, 0.25) is 0 Å². The number of phenols is 1. The summed E-state index contributed by atoms with van der Waals surface area (Å²) in [4.78, 5) is 2.37. The van der Waals surface area contributed by atoms with Gasteiger partial charge in [-0.3, -0.25) is 4.90 Å². The van der Waals surface area contributed by atoms with Crippen LogP contribution >= 0.6 is 0 Å². The van der Waals surface area contributed by atoms with Crippen molar-refractivity contribution in [1.29, 1.82) is 0 Å². The van der Waals surface area contributed by atoms with Gasteiger partial charge in [0, 0.05) is 6.54 Å². The standard InChI is InChI=1S/C14H22N2O2/c1-10(17)12-4-6-16(7-5-12)9-11-2-3-14(18)13(15)8-11/h2-3,8,10,12,17-18H,4-7,9,15H2,1H3. The van der Waals surface area contributed by atoms with Gasteiger partial charge in [0.1, 0.15) is 5.75 Å². The van der Waals surface area contributed by atoms with E-state index in [1.807, 2.05) is 19.1 Å². The number of nitrogens with two attached hydrogens (primary N) is 1. The number of phenolic OH excluding ortho intramolecular Hbond substituents is 1. The Bertz CT molecular complexity index is 399. The molecule has 4 heteroatoms. The summed E-state index contributed by atoms with van der Waals surface area (Å²) in [6, 6.07) is 5.38. The molecule has 1 aromatic carbocycles. The number of hydrogen-bond donors (Lipinski definition) is 3. The normalized spacial score (nSPS) is 19.9. The molecule has 2 rings (SSSR count). The zero-order valence-electron chi connectivity index (χ0n) is 10.8. The van der Waals surface area contributed by atoms with E-state index in [2.05, 4.69) is 4.90 Å². The smallest absolute Gasteiger partial charge is 0.138 e. The van der Waals surface area contributed by atoms with E-state index in [1.54, 1.807) is 6.07 Å². The van der Waals surface area contributed by atoms with Crippen LogP contribution < -0.4 is 5.73 Å². The lowest BCUT2D eigenvalue weighted by atomic mass is 9.92. The highest BCUT2D eigenvalue weighted by Gasteiger charge is 2.22. The van der Waals surface area contributed by atoms with Gasteiger partial charge in [0.05, 0.1) is 11.8 Å². The van der Waals surface area contributed by atoms with Crippen LogP contribution in [0.3, 0.4) is 0 Å². The summed E-state index contributed by atoms with van der Waals surface area (Å²) in [5, 5.41) is 18.9. The molecule has 1 aliphatic rings. The summed E-state index contributed by atoms with van der Waals surface area (Å²) >= 11 is 0. The van der Waals surface area contributed by atoms with Crippen LogP contribution in [0.4, 0.5) is 5.69 Å². The van der Waals surface area contributed by atoms with Crippen molar-refractivity contribution >= 4 is 5.69 Å². The van der Waals surface area contributed by atoms with Gasteiger partial charge >= 0.3 is 0 Å². The van der Waals surface area contributed by atoms with E-state index in [-0.39, 0.29) is 11.9 Å². The van der Waals surface area contributed by atoms with Crippen LogP contribution in [0.15, 0.2) is 18.2 Å². The van der Waals surface area contributed by atoms with Gasteiger partial charge < -0.3 is 15.9 Å².